The summed E-state index contributed by atoms with van der Waals surface area (Å²) in [4.78, 5) is 24.3. The number of rotatable bonds is 6. The van der Waals surface area contributed by atoms with Gasteiger partial charge in [0, 0.05) is 32.7 Å². The lowest BCUT2D eigenvalue weighted by atomic mass is 10.1. The molecule has 1 aliphatic rings. The maximum Gasteiger partial charge on any atom is 0.335 e. The zero-order chi connectivity index (χ0) is 24.8. The summed E-state index contributed by atoms with van der Waals surface area (Å²) >= 11 is 0. The normalized spacial score (nSPS) is 14.8. The van der Waals surface area contributed by atoms with Gasteiger partial charge in [-0.25, -0.2) is 18.9 Å². The predicted molar refractivity (Wildman–Crippen MR) is 128 cm³/mol. The molecular weight excluding hydrogens is 469 g/mol. The zero-order valence-corrected chi connectivity index (χ0v) is 19.1. The molecule has 0 bridgehead atoms. The highest BCUT2D eigenvalue weighted by molar-refractivity contribution is 5.90. The number of fused-ring (bicyclic) bond motifs is 3. The molecule has 0 saturated carbocycles. The van der Waals surface area contributed by atoms with E-state index in [4.69, 9.17) is 15.3 Å². The largest absolute Gasteiger partial charge is 0.478 e. The minimum absolute atomic E-state index is 0.0591. The lowest BCUT2D eigenvalue weighted by molar-refractivity contribution is 0.0696. The van der Waals surface area contributed by atoms with Crippen LogP contribution in [0.15, 0.2) is 47.2 Å². The van der Waals surface area contributed by atoms with Gasteiger partial charge >= 0.3 is 5.97 Å². The molecule has 1 aliphatic heterocycles. The summed E-state index contributed by atoms with van der Waals surface area (Å²) in [6, 6.07) is 7.57. The number of nitrogen functional groups attached to an aromatic ring is 1. The average Bonchev–Trinajstić information content (AvgIpc) is 3.63. The molecule has 5 heterocycles. The molecule has 3 N–H and O–H groups in total. The van der Waals surface area contributed by atoms with Crippen LogP contribution < -0.4 is 10.6 Å². The Hall–Kier alpha value is -4.52. The second-order valence-corrected chi connectivity index (χ2v) is 8.52. The van der Waals surface area contributed by atoms with Gasteiger partial charge in [-0.3, -0.25) is 4.90 Å². The summed E-state index contributed by atoms with van der Waals surface area (Å²) < 4.78 is 23.1. The van der Waals surface area contributed by atoms with E-state index >= 15 is 0 Å². The molecule has 0 unspecified atom stereocenters. The van der Waals surface area contributed by atoms with Crippen molar-refractivity contribution in [1.82, 2.24) is 34.3 Å². The lowest BCUT2D eigenvalue weighted by Gasteiger charge is -2.36. The van der Waals surface area contributed by atoms with E-state index in [0.29, 0.717) is 48.2 Å². The molecule has 13 heteroatoms. The van der Waals surface area contributed by atoms with Gasteiger partial charge < -0.3 is 20.2 Å². The Morgan fingerprint density at radius 2 is 1.94 bits per heavy atom. The third kappa shape index (κ3) is 3.79. The first-order valence-electron chi connectivity index (χ1n) is 11.4. The fourth-order valence-corrected chi connectivity index (χ4v) is 4.48. The number of piperazine rings is 1. The smallest absolute Gasteiger partial charge is 0.335 e. The number of carbonyl (C=O) groups is 1. The summed E-state index contributed by atoms with van der Waals surface area (Å²) in [7, 11) is 0. The average molecular weight is 491 g/mol. The van der Waals surface area contributed by atoms with Crippen LogP contribution in [-0.2, 0) is 6.54 Å². The van der Waals surface area contributed by atoms with E-state index in [1.807, 2.05) is 4.90 Å². The van der Waals surface area contributed by atoms with E-state index in [0.717, 1.165) is 31.1 Å². The quantitative estimate of drug-likeness (QED) is 0.362. The van der Waals surface area contributed by atoms with E-state index in [-0.39, 0.29) is 11.5 Å². The fourth-order valence-electron chi connectivity index (χ4n) is 4.48. The van der Waals surface area contributed by atoms with Gasteiger partial charge in [0.1, 0.15) is 5.82 Å². The summed E-state index contributed by atoms with van der Waals surface area (Å²) in [6.07, 6.45) is 3.26. The number of nitrogens with zero attached hydrogens (tertiary/aromatic N) is 8. The maximum atomic E-state index is 14.4. The van der Waals surface area contributed by atoms with Crippen molar-refractivity contribution in [3.63, 3.8) is 0 Å². The number of nitrogens with two attached hydrogens (primary N) is 1. The molecule has 184 valence electrons. The number of hydrogen-bond acceptors (Lipinski definition) is 9. The first kappa shape index (κ1) is 22.0. The maximum absolute atomic E-state index is 14.4. The second kappa shape index (κ2) is 8.61. The highest BCUT2D eigenvalue weighted by atomic mass is 19.1. The lowest BCUT2D eigenvalue weighted by Crippen LogP contribution is -2.47. The van der Waals surface area contributed by atoms with Crippen LogP contribution in [0, 0.1) is 5.82 Å². The van der Waals surface area contributed by atoms with E-state index < -0.39 is 11.8 Å². The van der Waals surface area contributed by atoms with Crippen molar-refractivity contribution in [2.45, 2.75) is 6.54 Å². The molecule has 1 fully saturated rings. The van der Waals surface area contributed by atoms with Crippen molar-refractivity contribution in [2.24, 2.45) is 0 Å². The Bertz CT molecular complexity index is 1570. The van der Waals surface area contributed by atoms with Gasteiger partial charge in [0.05, 0.1) is 35.6 Å². The summed E-state index contributed by atoms with van der Waals surface area (Å²) in [5.74, 6) is -0.509. The minimum Gasteiger partial charge on any atom is -0.478 e. The van der Waals surface area contributed by atoms with Crippen LogP contribution in [-0.4, -0.2) is 78.1 Å². The van der Waals surface area contributed by atoms with Crippen molar-refractivity contribution in [2.75, 3.05) is 43.4 Å². The van der Waals surface area contributed by atoms with Crippen LogP contribution in [0.25, 0.3) is 28.3 Å². The van der Waals surface area contributed by atoms with E-state index in [9.17, 15) is 9.18 Å². The van der Waals surface area contributed by atoms with Gasteiger partial charge in [-0.2, -0.15) is 14.6 Å². The molecule has 1 aromatic carbocycles. The van der Waals surface area contributed by atoms with Crippen LogP contribution in [0.1, 0.15) is 10.4 Å². The first-order valence-corrected chi connectivity index (χ1v) is 11.4. The van der Waals surface area contributed by atoms with Crippen LogP contribution in [0.5, 0.6) is 0 Å². The van der Waals surface area contributed by atoms with Crippen molar-refractivity contribution < 1.29 is 18.7 Å². The van der Waals surface area contributed by atoms with Crippen molar-refractivity contribution >= 4 is 34.3 Å². The van der Waals surface area contributed by atoms with E-state index in [1.165, 1.54) is 16.6 Å². The Labute approximate surface area is 203 Å². The van der Waals surface area contributed by atoms with Gasteiger partial charge in [-0.1, -0.05) is 0 Å². The van der Waals surface area contributed by atoms with Crippen molar-refractivity contribution in [3.8, 4) is 11.6 Å². The summed E-state index contributed by atoms with van der Waals surface area (Å²) in [5, 5.41) is 18.7. The van der Waals surface area contributed by atoms with Gasteiger partial charge in [0.25, 0.3) is 0 Å². The monoisotopic (exact) mass is 491 g/mol. The number of carboxylic acids is 1. The highest BCUT2D eigenvalue weighted by Crippen LogP contribution is 2.24. The van der Waals surface area contributed by atoms with Gasteiger partial charge in [-0.15, -0.1) is 5.10 Å². The summed E-state index contributed by atoms with van der Waals surface area (Å²) in [5.41, 5.74) is 7.70. The molecule has 5 aromatic rings. The Kier molecular flexibility index (Phi) is 5.25. The van der Waals surface area contributed by atoms with Crippen molar-refractivity contribution in [3.05, 3.63) is 54.2 Å². The molecule has 6 rings (SSSR count). The minimum atomic E-state index is -1.14. The first-order chi connectivity index (χ1) is 17.5. The SMILES string of the molecule is Nc1nc2c(cnn2CCN2CCN(c3ccc(C(=O)O)cc3F)CC2)c2nc(-c3ccco3)nn12. The Balaban J connectivity index is 1.14. The predicted octanol–water partition coefficient (Wildman–Crippen LogP) is 1.98. The zero-order valence-electron chi connectivity index (χ0n) is 19.1. The van der Waals surface area contributed by atoms with Crippen LogP contribution in [0.4, 0.5) is 16.0 Å². The number of furan rings is 1. The number of aromatic carboxylic acids is 1. The van der Waals surface area contributed by atoms with Crippen LogP contribution >= 0.6 is 0 Å². The number of benzene rings is 1. The second-order valence-electron chi connectivity index (χ2n) is 8.52. The highest BCUT2D eigenvalue weighted by Gasteiger charge is 2.22. The molecule has 0 aliphatic carbocycles. The number of halogens is 1. The molecule has 0 atom stereocenters. The summed E-state index contributed by atoms with van der Waals surface area (Å²) in [6.45, 7) is 4.04. The van der Waals surface area contributed by atoms with Crippen LogP contribution in [0.2, 0.25) is 0 Å². The van der Waals surface area contributed by atoms with Gasteiger partial charge in [0.15, 0.2) is 17.1 Å². The number of carboxylic acid groups (broad SMARTS) is 1. The van der Waals surface area contributed by atoms with Gasteiger partial charge in [0.2, 0.25) is 11.8 Å². The topological polar surface area (TPSA) is 144 Å². The third-order valence-electron chi connectivity index (χ3n) is 6.37. The molecule has 1 saturated heterocycles. The molecule has 0 spiro atoms. The molecular formula is C23H22FN9O3. The number of hydrogen-bond donors (Lipinski definition) is 2. The fraction of sp³-hybridized carbons (Fsp3) is 0.261. The van der Waals surface area contributed by atoms with Crippen LogP contribution in [0.3, 0.4) is 0 Å². The molecule has 12 nitrogen and oxygen atoms in total. The molecule has 0 radical (unpaired) electrons. The van der Waals surface area contributed by atoms with Crippen molar-refractivity contribution in [1.29, 1.82) is 0 Å². The molecule has 36 heavy (non-hydrogen) atoms. The van der Waals surface area contributed by atoms with E-state index in [1.54, 1.807) is 29.3 Å². The Morgan fingerprint density at radius 1 is 1.11 bits per heavy atom. The Morgan fingerprint density at radius 3 is 2.67 bits per heavy atom. The van der Waals surface area contributed by atoms with E-state index in [2.05, 4.69) is 25.1 Å². The van der Waals surface area contributed by atoms with Gasteiger partial charge in [-0.05, 0) is 30.3 Å². The molecule has 4 aromatic heterocycles. The number of anilines is 2. The number of aromatic nitrogens is 6. The third-order valence-corrected chi connectivity index (χ3v) is 6.37. The molecule has 0 amide bonds. The standard InChI is InChI=1S/C23H22FN9O3/c24-16-12-14(22(34)35)3-4-17(16)31-8-5-30(6-9-31)7-10-32-20-15(13-26-32)21-27-19(18-2-1-11-36-18)29-33(21)23(25)28-20/h1-4,11-13H,5-10H2,(H2,25,28)(H,34,35).